The zero-order valence-corrected chi connectivity index (χ0v) is 9.29. The first kappa shape index (κ1) is 10.2. The lowest BCUT2D eigenvalue weighted by Crippen LogP contribution is -2.19. The molecule has 0 amide bonds. The smallest absolute Gasteiger partial charge is 0.119 e. The number of rotatable bonds is 2. The van der Waals surface area contributed by atoms with Gasteiger partial charge in [-0.3, -0.25) is 0 Å². The maximum absolute atomic E-state index is 5.96. The lowest BCUT2D eigenvalue weighted by molar-refractivity contribution is 0.414. The molecule has 1 atom stereocenters. The highest BCUT2D eigenvalue weighted by Gasteiger charge is 2.15. The molecule has 0 saturated carbocycles. The van der Waals surface area contributed by atoms with E-state index in [1.165, 1.54) is 16.7 Å². The molecule has 0 spiro atoms. The summed E-state index contributed by atoms with van der Waals surface area (Å²) >= 11 is 0. The van der Waals surface area contributed by atoms with E-state index in [-0.39, 0.29) is 6.04 Å². The third-order valence-corrected chi connectivity index (χ3v) is 2.90. The number of hydrogen-bond donors (Lipinski definition) is 1. The second-order valence-electron chi connectivity index (χ2n) is 4.01. The summed E-state index contributed by atoms with van der Waals surface area (Å²) in [6.07, 6.45) is 4.44. The van der Waals surface area contributed by atoms with Crippen molar-refractivity contribution in [3.63, 3.8) is 0 Å². The van der Waals surface area contributed by atoms with Crippen molar-refractivity contribution in [3.8, 4) is 5.75 Å². The monoisotopic (exact) mass is 203 g/mol. The fourth-order valence-electron chi connectivity index (χ4n) is 2.09. The molecular formula is C13H17NO. The van der Waals surface area contributed by atoms with Crippen molar-refractivity contribution >= 4 is 5.57 Å². The van der Waals surface area contributed by atoms with Gasteiger partial charge in [-0.25, -0.2) is 0 Å². The van der Waals surface area contributed by atoms with Crippen LogP contribution in [0.1, 0.15) is 24.5 Å². The number of hydrogen-bond acceptors (Lipinski definition) is 2. The molecule has 0 saturated heterocycles. The molecule has 0 aromatic heterocycles. The third kappa shape index (κ3) is 1.90. The quantitative estimate of drug-likeness (QED) is 0.801. The Labute approximate surface area is 90.7 Å². The molecule has 0 bridgehead atoms. The molecule has 1 aliphatic rings. The second kappa shape index (κ2) is 4.07. The summed E-state index contributed by atoms with van der Waals surface area (Å²) in [4.78, 5) is 0. The van der Waals surface area contributed by atoms with Crippen LogP contribution in [0.2, 0.25) is 0 Å². The van der Waals surface area contributed by atoms with E-state index in [1.54, 1.807) is 7.11 Å². The molecule has 1 aromatic rings. The van der Waals surface area contributed by atoms with Crippen LogP contribution in [0.25, 0.3) is 5.57 Å². The molecule has 2 rings (SSSR count). The predicted molar refractivity (Wildman–Crippen MR) is 62.9 cm³/mol. The van der Waals surface area contributed by atoms with Crippen LogP contribution in [-0.4, -0.2) is 13.2 Å². The van der Waals surface area contributed by atoms with E-state index in [0.717, 1.165) is 18.6 Å². The SMILES string of the molecule is COc1ccc2c(c1)C(C(C)N)=CCC2. The molecule has 0 heterocycles. The average molecular weight is 203 g/mol. The molecule has 0 radical (unpaired) electrons. The molecule has 0 fully saturated rings. The Morgan fingerprint density at radius 3 is 2.87 bits per heavy atom. The molecule has 2 N–H and O–H groups in total. The van der Waals surface area contributed by atoms with Gasteiger partial charge in [-0.2, -0.15) is 0 Å². The van der Waals surface area contributed by atoms with Crippen molar-refractivity contribution in [1.82, 2.24) is 0 Å². The average Bonchev–Trinajstić information content (AvgIpc) is 2.27. The molecule has 1 aromatic carbocycles. The maximum Gasteiger partial charge on any atom is 0.119 e. The molecule has 2 nitrogen and oxygen atoms in total. The van der Waals surface area contributed by atoms with E-state index < -0.39 is 0 Å². The van der Waals surface area contributed by atoms with Crippen LogP contribution in [0.4, 0.5) is 0 Å². The number of ether oxygens (including phenoxy) is 1. The van der Waals surface area contributed by atoms with Gasteiger partial charge in [0, 0.05) is 6.04 Å². The van der Waals surface area contributed by atoms with Gasteiger partial charge in [-0.05, 0) is 48.6 Å². The minimum atomic E-state index is 0.0937. The summed E-state index contributed by atoms with van der Waals surface area (Å²) in [5, 5.41) is 0. The molecule has 1 aliphatic carbocycles. The molecule has 2 heteroatoms. The molecular weight excluding hydrogens is 186 g/mol. The van der Waals surface area contributed by atoms with Gasteiger partial charge in [0.1, 0.15) is 5.75 Å². The summed E-state index contributed by atoms with van der Waals surface area (Å²) in [6.45, 7) is 2.03. The van der Waals surface area contributed by atoms with E-state index in [9.17, 15) is 0 Å². The van der Waals surface area contributed by atoms with Crippen molar-refractivity contribution in [2.24, 2.45) is 5.73 Å². The zero-order chi connectivity index (χ0) is 10.8. The Balaban J connectivity index is 2.47. The van der Waals surface area contributed by atoms with Gasteiger partial charge in [0.25, 0.3) is 0 Å². The highest BCUT2D eigenvalue weighted by Crippen LogP contribution is 2.30. The van der Waals surface area contributed by atoms with Gasteiger partial charge in [0.2, 0.25) is 0 Å². The van der Waals surface area contributed by atoms with Crippen molar-refractivity contribution in [2.75, 3.05) is 7.11 Å². The molecule has 80 valence electrons. The van der Waals surface area contributed by atoms with Crippen LogP contribution >= 0.6 is 0 Å². The van der Waals surface area contributed by atoms with E-state index in [4.69, 9.17) is 10.5 Å². The fourth-order valence-corrected chi connectivity index (χ4v) is 2.09. The third-order valence-electron chi connectivity index (χ3n) is 2.90. The van der Waals surface area contributed by atoms with Crippen LogP contribution in [0.5, 0.6) is 5.75 Å². The minimum Gasteiger partial charge on any atom is -0.497 e. The van der Waals surface area contributed by atoms with E-state index in [1.807, 2.05) is 13.0 Å². The summed E-state index contributed by atoms with van der Waals surface area (Å²) < 4.78 is 5.24. The van der Waals surface area contributed by atoms with Gasteiger partial charge < -0.3 is 10.5 Å². The Morgan fingerprint density at radius 1 is 1.40 bits per heavy atom. The molecule has 1 unspecified atom stereocenters. The summed E-state index contributed by atoms with van der Waals surface area (Å²) in [5.74, 6) is 0.905. The van der Waals surface area contributed by atoms with Crippen LogP contribution in [0, 0.1) is 0 Å². The highest BCUT2D eigenvalue weighted by atomic mass is 16.5. The van der Waals surface area contributed by atoms with Gasteiger partial charge in [-0.1, -0.05) is 12.1 Å². The zero-order valence-electron chi connectivity index (χ0n) is 9.29. The van der Waals surface area contributed by atoms with Crippen LogP contribution < -0.4 is 10.5 Å². The van der Waals surface area contributed by atoms with Gasteiger partial charge in [0.05, 0.1) is 7.11 Å². The van der Waals surface area contributed by atoms with Crippen molar-refractivity contribution in [1.29, 1.82) is 0 Å². The van der Waals surface area contributed by atoms with Crippen LogP contribution in [0.15, 0.2) is 24.3 Å². The number of fused-ring (bicyclic) bond motifs is 1. The van der Waals surface area contributed by atoms with Crippen molar-refractivity contribution < 1.29 is 4.74 Å². The van der Waals surface area contributed by atoms with Gasteiger partial charge in [-0.15, -0.1) is 0 Å². The highest BCUT2D eigenvalue weighted by molar-refractivity contribution is 5.74. The van der Waals surface area contributed by atoms with Crippen LogP contribution in [0.3, 0.4) is 0 Å². The first-order chi connectivity index (χ1) is 7.22. The Kier molecular flexibility index (Phi) is 2.78. The van der Waals surface area contributed by atoms with Crippen molar-refractivity contribution in [3.05, 3.63) is 35.4 Å². The summed E-state index contributed by atoms with van der Waals surface area (Å²) in [7, 11) is 1.69. The maximum atomic E-state index is 5.96. The minimum absolute atomic E-state index is 0.0937. The van der Waals surface area contributed by atoms with Gasteiger partial charge >= 0.3 is 0 Å². The lowest BCUT2D eigenvalue weighted by atomic mass is 9.87. The Hall–Kier alpha value is -1.28. The normalized spacial score (nSPS) is 16.6. The largest absolute Gasteiger partial charge is 0.497 e. The number of methoxy groups -OCH3 is 1. The Morgan fingerprint density at radius 2 is 2.20 bits per heavy atom. The fraction of sp³-hybridized carbons (Fsp3) is 0.385. The number of aryl methyl sites for hydroxylation is 1. The summed E-state index contributed by atoms with van der Waals surface area (Å²) in [5.41, 5.74) is 9.85. The first-order valence-electron chi connectivity index (χ1n) is 5.35. The number of allylic oxidation sites excluding steroid dienone is 1. The number of benzene rings is 1. The molecule has 15 heavy (non-hydrogen) atoms. The van der Waals surface area contributed by atoms with E-state index >= 15 is 0 Å². The predicted octanol–water partition coefficient (Wildman–Crippen LogP) is 2.37. The molecule has 0 aliphatic heterocycles. The Bertz CT molecular complexity index is 394. The summed E-state index contributed by atoms with van der Waals surface area (Å²) in [6, 6.07) is 6.34. The topological polar surface area (TPSA) is 35.2 Å². The second-order valence-corrected chi connectivity index (χ2v) is 4.01. The van der Waals surface area contributed by atoms with Gasteiger partial charge in [0.15, 0.2) is 0 Å². The standard InChI is InChI=1S/C13H17NO/c1-9(14)12-5-3-4-10-6-7-11(15-2)8-13(10)12/h5-9H,3-4,14H2,1-2H3. The van der Waals surface area contributed by atoms with E-state index in [0.29, 0.717) is 0 Å². The number of nitrogens with two attached hydrogens (primary N) is 1. The lowest BCUT2D eigenvalue weighted by Gasteiger charge is -2.21. The van der Waals surface area contributed by atoms with Crippen molar-refractivity contribution in [2.45, 2.75) is 25.8 Å². The first-order valence-corrected chi connectivity index (χ1v) is 5.35. The van der Waals surface area contributed by atoms with E-state index in [2.05, 4.69) is 18.2 Å². The van der Waals surface area contributed by atoms with Crippen LogP contribution in [-0.2, 0) is 6.42 Å².